The zero-order valence-electron chi connectivity index (χ0n) is 13.5. The lowest BCUT2D eigenvalue weighted by Gasteiger charge is -2.06. The van der Waals surface area contributed by atoms with Gasteiger partial charge in [0, 0.05) is 37.7 Å². The van der Waals surface area contributed by atoms with Gasteiger partial charge in [-0.1, -0.05) is 12.1 Å². The van der Waals surface area contributed by atoms with E-state index in [0.717, 1.165) is 12.0 Å². The molecule has 3 aromatic rings. The van der Waals surface area contributed by atoms with E-state index in [4.69, 9.17) is 0 Å². The van der Waals surface area contributed by atoms with Crippen molar-refractivity contribution in [2.45, 2.75) is 19.5 Å². The molecular weight excluding hydrogens is 321 g/mol. The topological polar surface area (TPSA) is 71.8 Å². The van der Waals surface area contributed by atoms with Crippen LogP contribution in [0.1, 0.15) is 11.1 Å². The molecule has 2 amide bonds. The predicted octanol–water partition coefficient (Wildman–Crippen LogP) is 2.98. The van der Waals surface area contributed by atoms with E-state index in [-0.39, 0.29) is 11.8 Å². The maximum Gasteiger partial charge on any atom is 0.320 e. The molecule has 0 spiro atoms. The predicted molar refractivity (Wildman–Crippen MR) is 92.4 cm³/mol. The average molecular weight is 339 g/mol. The van der Waals surface area contributed by atoms with Crippen molar-refractivity contribution < 1.29 is 9.18 Å². The van der Waals surface area contributed by atoms with E-state index in [1.165, 1.54) is 17.7 Å². The molecule has 0 unspecified atom stereocenters. The first kappa shape index (κ1) is 16.6. The van der Waals surface area contributed by atoms with Crippen LogP contribution in [0.5, 0.6) is 0 Å². The molecule has 2 heterocycles. The molecule has 0 atom stereocenters. The van der Waals surface area contributed by atoms with Gasteiger partial charge in [0.25, 0.3) is 0 Å². The molecule has 0 aliphatic carbocycles. The molecule has 3 rings (SSSR count). The lowest BCUT2D eigenvalue weighted by Crippen LogP contribution is -2.28. The normalized spacial score (nSPS) is 10.4. The first-order chi connectivity index (χ1) is 12.2. The van der Waals surface area contributed by atoms with Crippen LogP contribution < -0.4 is 10.6 Å². The number of pyridine rings is 1. The van der Waals surface area contributed by atoms with Crippen LogP contribution >= 0.6 is 0 Å². The Bertz CT molecular complexity index is 817. The quantitative estimate of drug-likeness (QED) is 0.725. The number of amides is 2. The van der Waals surface area contributed by atoms with Crippen LogP contribution in [0.4, 0.5) is 15.0 Å². The summed E-state index contributed by atoms with van der Waals surface area (Å²) in [5, 5.41) is 9.69. The smallest absolute Gasteiger partial charge is 0.320 e. The van der Waals surface area contributed by atoms with E-state index in [2.05, 4.69) is 20.7 Å². The van der Waals surface area contributed by atoms with Crippen LogP contribution in [-0.2, 0) is 19.5 Å². The first-order valence-electron chi connectivity index (χ1n) is 7.91. The van der Waals surface area contributed by atoms with Gasteiger partial charge in [0.15, 0.2) is 5.82 Å². The average Bonchev–Trinajstić information content (AvgIpc) is 3.08. The standard InChI is InChI=1S/C18H18FN5O/c19-16-3-1-15(2-4-16)13-21-18(25)22-17-8-12-24(23-17)11-7-14-5-9-20-10-6-14/h1-6,8-10,12H,7,11,13H2,(H2,21,22,23,25). The molecule has 25 heavy (non-hydrogen) atoms. The SMILES string of the molecule is O=C(NCc1ccc(F)cc1)Nc1ccn(CCc2ccncc2)n1. The van der Waals surface area contributed by atoms with Gasteiger partial charge in [-0.25, -0.2) is 9.18 Å². The largest absolute Gasteiger partial charge is 0.334 e. The molecule has 0 saturated heterocycles. The molecule has 0 radical (unpaired) electrons. The van der Waals surface area contributed by atoms with E-state index >= 15 is 0 Å². The summed E-state index contributed by atoms with van der Waals surface area (Å²) in [7, 11) is 0. The maximum atomic E-state index is 12.8. The van der Waals surface area contributed by atoms with Gasteiger partial charge in [0.1, 0.15) is 5.82 Å². The summed E-state index contributed by atoms with van der Waals surface area (Å²) >= 11 is 0. The summed E-state index contributed by atoms with van der Waals surface area (Å²) < 4.78 is 14.6. The highest BCUT2D eigenvalue weighted by Gasteiger charge is 2.05. The minimum absolute atomic E-state index is 0.300. The van der Waals surface area contributed by atoms with E-state index in [1.54, 1.807) is 35.3 Å². The second kappa shape index (κ2) is 8.05. The Morgan fingerprint density at radius 1 is 1.04 bits per heavy atom. The van der Waals surface area contributed by atoms with Gasteiger partial charge in [-0.15, -0.1) is 0 Å². The minimum Gasteiger partial charge on any atom is -0.334 e. The third-order valence-corrected chi connectivity index (χ3v) is 3.63. The third kappa shape index (κ3) is 5.13. The zero-order valence-corrected chi connectivity index (χ0v) is 13.5. The van der Waals surface area contributed by atoms with Gasteiger partial charge in [-0.2, -0.15) is 5.10 Å². The summed E-state index contributed by atoms with van der Waals surface area (Å²) in [5.74, 6) is 0.178. The Labute approximate surface area is 144 Å². The molecule has 0 aliphatic heterocycles. The molecule has 128 valence electrons. The Morgan fingerprint density at radius 3 is 2.56 bits per heavy atom. The third-order valence-electron chi connectivity index (χ3n) is 3.63. The summed E-state index contributed by atoms with van der Waals surface area (Å²) in [6.07, 6.45) is 6.17. The fourth-order valence-corrected chi connectivity index (χ4v) is 2.29. The van der Waals surface area contributed by atoms with Crippen LogP contribution in [-0.4, -0.2) is 20.8 Å². The van der Waals surface area contributed by atoms with Crippen molar-refractivity contribution in [1.82, 2.24) is 20.1 Å². The highest BCUT2D eigenvalue weighted by atomic mass is 19.1. The Kier molecular flexibility index (Phi) is 5.36. The monoisotopic (exact) mass is 339 g/mol. The molecule has 2 N–H and O–H groups in total. The lowest BCUT2D eigenvalue weighted by atomic mass is 10.2. The van der Waals surface area contributed by atoms with Crippen molar-refractivity contribution in [2.75, 3.05) is 5.32 Å². The number of carbonyl (C=O) groups is 1. The molecule has 6 nitrogen and oxygen atoms in total. The molecular formula is C18H18FN5O. The Hall–Kier alpha value is -3.22. The van der Waals surface area contributed by atoms with E-state index in [0.29, 0.717) is 18.9 Å². The summed E-state index contributed by atoms with van der Waals surface area (Å²) in [5.41, 5.74) is 2.00. The number of nitrogens with zero attached hydrogens (tertiary/aromatic N) is 3. The maximum absolute atomic E-state index is 12.8. The van der Waals surface area contributed by atoms with E-state index in [1.807, 2.05) is 18.3 Å². The summed E-state index contributed by atoms with van der Waals surface area (Å²) in [6.45, 7) is 1.03. The molecule has 7 heteroatoms. The van der Waals surface area contributed by atoms with Gasteiger partial charge < -0.3 is 5.32 Å². The van der Waals surface area contributed by atoms with E-state index in [9.17, 15) is 9.18 Å². The van der Waals surface area contributed by atoms with Gasteiger partial charge in [-0.3, -0.25) is 15.0 Å². The number of benzene rings is 1. The Balaban J connectivity index is 1.45. The van der Waals surface area contributed by atoms with Crippen molar-refractivity contribution in [3.05, 3.63) is 78.0 Å². The van der Waals surface area contributed by atoms with Crippen LogP contribution in [0.2, 0.25) is 0 Å². The van der Waals surface area contributed by atoms with Gasteiger partial charge in [-0.05, 0) is 41.8 Å². The van der Waals surface area contributed by atoms with Crippen molar-refractivity contribution in [2.24, 2.45) is 0 Å². The van der Waals surface area contributed by atoms with Crippen molar-refractivity contribution >= 4 is 11.8 Å². The van der Waals surface area contributed by atoms with Gasteiger partial charge >= 0.3 is 6.03 Å². The van der Waals surface area contributed by atoms with Crippen LogP contribution in [0.25, 0.3) is 0 Å². The number of anilines is 1. The Morgan fingerprint density at radius 2 is 1.80 bits per heavy atom. The first-order valence-corrected chi connectivity index (χ1v) is 7.91. The van der Waals surface area contributed by atoms with Crippen LogP contribution in [0.15, 0.2) is 61.1 Å². The second-order valence-electron chi connectivity index (χ2n) is 5.50. The second-order valence-corrected chi connectivity index (χ2v) is 5.50. The van der Waals surface area contributed by atoms with Crippen LogP contribution in [0, 0.1) is 5.82 Å². The summed E-state index contributed by atoms with van der Waals surface area (Å²) in [6, 6.07) is 11.3. The number of hydrogen-bond donors (Lipinski definition) is 2. The van der Waals surface area contributed by atoms with Crippen molar-refractivity contribution in [3.63, 3.8) is 0 Å². The minimum atomic E-state index is -0.358. The molecule has 0 aliphatic rings. The van der Waals surface area contributed by atoms with Gasteiger partial charge in [0.05, 0.1) is 0 Å². The number of nitrogens with one attached hydrogen (secondary N) is 2. The van der Waals surface area contributed by atoms with Crippen LogP contribution in [0.3, 0.4) is 0 Å². The van der Waals surface area contributed by atoms with Gasteiger partial charge in [0.2, 0.25) is 0 Å². The molecule has 2 aromatic heterocycles. The lowest BCUT2D eigenvalue weighted by molar-refractivity contribution is 0.251. The van der Waals surface area contributed by atoms with Crippen molar-refractivity contribution in [1.29, 1.82) is 0 Å². The molecule has 0 bridgehead atoms. The fraction of sp³-hybridized carbons (Fsp3) is 0.167. The number of urea groups is 1. The number of hydrogen-bond acceptors (Lipinski definition) is 3. The molecule has 0 fully saturated rings. The number of rotatable bonds is 6. The highest BCUT2D eigenvalue weighted by Crippen LogP contribution is 2.06. The number of carbonyl (C=O) groups excluding carboxylic acids is 1. The fourth-order valence-electron chi connectivity index (χ4n) is 2.29. The number of aromatic nitrogens is 3. The highest BCUT2D eigenvalue weighted by molar-refractivity contribution is 5.88. The number of halogens is 1. The summed E-state index contributed by atoms with van der Waals surface area (Å²) in [4.78, 5) is 15.9. The zero-order chi connectivity index (χ0) is 17.5. The number of aryl methyl sites for hydroxylation is 2. The molecule has 0 saturated carbocycles. The molecule has 1 aromatic carbocycles. The van der Waals surface area contributed by atoms with E-state index < -0.39 is 0 Å². The van der Waals surface area contributed by atoms with Crippen molar-refractivity contribution in [3.8, 4) is 0 Å².